The van der Waals surface area contributed by atoms with E-state index >= 15 is 0 Å². The van der Waals surface area contributed by atoms with Crippen molar-refractivity contribution in [1.29, 1.82) is 0 Å². The number of benzene rings is 1. The average molecular weight is 373 g/mol. The van der Waals surface area contributed by atoms with Gasteiger partial charge in [-0.1, -0.05) is 32.0 Å². The van der Waals surface area contributed by atoms with Crippen LogP contribution in [0.1, 0.15) is 47.6 Å². The normalized spacial score (nSPS) is 16.6. The van der Waals surface area contributed by atoms with E-state index in [4.69, 9.17) is 5.10 Å². The van der Waals surface area contributed by atoms with Crippen molar-refractivity contribution in [3.05, 3.63) is 77.4 Å². The van der Waals surface area contributed by atoms with E-state index in [1.165, 1.54) is 0 Å². The summed E-state index contributed by atoms with van der Waals surface area (Å²) in [7, 11) is 0. The van der Waals surface area contributed by atoms with E-state index < -0.39 is 0 Å². The van der Waals surface area contributed by atoms with Crippen LogP contribution >= 0.6 is 0 Å². The van der Waals surface area contributed by atoms with Crippen molar-refractivity contribution in [1.82, 2.24) is 20.2 Å². The first-order valence-corrected chi connectivity index (χ1v) is 9.36. The fourth-order valence-electron chi connectivity index (χ4n) is 3.74. The van der Waals surface area contributed by atoms with Crippen LogP contribution in [0, 0.1) is 12.3 Å². The van der Waals surface area contributed by atoms with Crippen molar-refractivity contribution in [3.63, 3.8) is 0 Å². The lowest BCUT2D eigenvalue weighted by Crippen LogP contribution is -2.31. The zero-order valence-corrected chi connectivity index (χ0v) is 16.3. The summed E-state index contributed by atoms with van der Waals surface area (Å²) in [5.41, 5.74) is 8.26. The molecule has 1 aromatic carbocycles. The third-order valence-electron chi connectivity index (χ3n) is 4.97. The Morgan fingerprint density at radius 2 is 1.82 bits per heavy atom. The van der Waals surface area contributed by atoms with Crippen LogP contribution in [0.25, 0.3) is 5.69 Å². The van der Waals surface area contributed by atoms with Gasteiger partial charge in [-0.2, -0.15) is 10.2 Å². The fourth-order valence-corrected chi connectivity index (χ4v) is 3.74. The Morgan fingerprint density at radius 1 is 1.11 bits per heavy atom. The van der Waals surface area contributed by atoms with E-state index in [0.29, 0.717) is 5.56 Å². The van der Waals surface area contributed by atoms with Crippen molar-refractivity contribution < 1.29 is 4.79 Å². The number of pyridine rings is 1. The molecule has 28 heavy (non-hydrogen) atoms. The highest BCUT2D eigenvalue weighted by molar-refractivity contribution is 6.05. The zero-order chi connectivity index (χ0) is 19.7. The molecule has 2 heterocycles. The molecule has 1 amide bonds. The van der Waals surface area contributed by atoms with Gasteiger partial charge in [-0.25, -0.2) is 10.1 Å². The van der Waals surface area contributed by atoms with Gasteiger partial charge in [0.25, 0.3) is 5.91 Å². The molecule has 0 saturated heterocycles. The molecule has 0 atom stereocenters. The van der Waals surface area contributed by atoms with Crippen molar-refractivity contribution >= 4 is 11.6 Å². The van der Waals surface area contributed by atoms with Crippen molar-refractivity contribution in [2.75, 3.05) is 0 Å². The number of aryl methyl sites for hydroxylation is 1. The predicted octanol–water partition coefficient (Wildman–Crippen LogP) is 3.68. The van der Waals surface area contributed by atoms with Gasteiger partial charge in [-0.05, 0) is 49.4 Å². The first kappa shape index (κ1) is 18.1. The highest BCUT2D eigenvalue weighted by Crippen LogP contribution is 2.37. The number of rotatable bonds is 3. The van der Waals surface area contributed by atoms with E-state index in [0.717, 1.165) is 41.2 Å². The van der Waals surface area contributed by atoms with Gasteiger partial charge in [0, 0.05) is 23.5 Å². The standard InChI is InChI=1S/C22H23N5O/c1-15-20-18(24-25-21(28)16-9-11-23-12-10-16)13-22(2,3)14-19(20)27(26-15)17-7-5-4-6-8-17/h4-12H,13-14H2,1-3H3,(H,25,28)/b24-18+. The number of aromatic nitrogens is 3. The van der Waals surface area contributed by atoms with Crippen molar-refractivity contribution in [3.8, 4) is 5.69 Å². The maximum Gasteiger partial charge on any atom is 0.271 e. The summed E-state index contributed by atoms with van der Waals surface area (Å²) in [5, 5.41) is 9.29. The van der Waals surface area contributed by atoms with Gasteiger partial charge in [-0.3, -0.25) is 9.78 Å². The zero-order valence-electron chi connectivity index (χ0n) is 16.3. The Kier molecular flexibility index (Phi) is 4.55. The number of hydrogen-bond donors (Lipinski definition) is 1. The molecular formula is C22H23N5O. The summed E-state index contributed by atoms with van der Waals surface area (Å²) in [6.45, 7) is 6.43. The molecule has 1 aliphatic carbocycles. The molecular weight excluding hydrogens is 350 g/mol. The number of para-hydroxylation sites is 1. The topological polar surface area (TPSA) is 72.2 Å². The molecule has 142 valence electrons. The number of nitrogens with one attached hydrogen (secondary N) is 1. The van der Waals surface area contributed by atoms with Crippen LogP contribution < -0.4 is 5.43 Å². The molecule has 1 aliphatic rings. The van der Waals surface area contributed by atoms with E-state index in [-0.39, 0.29) is 11.3 Å². The summed E-state index contributed by atoms with van der Waals surface area (Å²) in [4.78, 5) is 16.3. The van der Waals surface area contributed by atoms with Gasteiger partial charge in [0.2, 0.25) is 0 Å². The van der Waals surface area contributed by atoms with E-state index in [1.807, 2.05) is 29.8 Å². The summed E-state index contributed by atoms with van der Waals surface area (Å²) in [5.74, 6) is -0.243. The SMILES string of the molecule is Cc1nn(-c2ccccc2)c2c1/C(=N/NC(=O)c1ccncc1)CC(C)(C)C2. The minimum Gasteiger partial charge on any atom is -0.267 e. The average Bonchev–Trinajstić information content (AvgIpc) is 3.02. The number of hydrazone groups is 1. The van der Waals surface area contributed by atoms with Gasteiger partial charge in [0.15, 0.2) is 0 Å². The van der Waals surface area contributed by atoms with Gasteiger partial charge >= 0.3 is 0 Å². The van der Waals surface area contributed by atoms with Crippen molar-refractivity contribution in [2.45, 2.75) is 33.6 Å². The third kappa shape index (κ3) is 3.45. The number of carbonyl (C=O) groups excluding carboxylic acids is 1. The van der Waals surface area contributed by atoms with Crippen LogP contribution in [0.4, 0.5) is 0 Å². The van der Waals surface area contributed by atoms with Crippen LogP contribution in [0.5, 0.6) is 0 Å². The molecule has 6 heteroatoms. The molecule has 0 spiro atoms. The lowest BCUT2D eigenvalue weighted by atomic mass is 9.75. The Balaban J connectivity index is 1.73. The molecule has 0 bridgehead atoms. The molecule has 0 saturated carbocycles. The molecule has 0 radical (unpaired) electrons. The minimum absolute atomic E-state index is 0.0201. The Hall–Kier alpha value is -3.28. The molecule has 2 aromatic heterocycles. The fraction of sp³-hybridized carbons (Fsp3) is 0.273. The van der Waals surface area contributed by atoms with Gasteiger partial charge in [0.1, 0.15) is 0 Å². The molecule has 6 nitrogen and oxygen atoms in total. The minimum atomic E-state index is -0.243. The lowest BCUT2D eigenvalue weighted by molar-refractivity contribution is 0.0954. The lowest BCUT2D eigenvalue weighted by Gasteiger charge is -2.31. The quantitative estimate of drug-likeness (QED) is 0.712. The smallest absolute Gasteiger partial charge is 0.267 e. The summed E-state index contributed by atoms with van der Waals surface area (Å²) < 4.78 is 2.01. The van der Waals surface area contributed by atoms with Crippen LogP contribution in [0.15, 0.2) is 60.0 Å². The van der Waals surface area contributed by atoms with Gasteiger partial charge in [0.05, 0.1) is 22.8 Å². The maximum atomic E-state index is 12.4. The molecule has 4 rings (SSSR count). The number of carbonyl (C=O) groups is 1. The van der Waals surface area contributed by atoms with Gasteiger partial charge in [-0.15, -0.1) is 0 Å². The Bertz CT molecular complexity index is 1040. The second-order valence-electron chi connectivity index (χ2n) is 7.91. The summed E-state index contributed by atoms with van der Waals surface area (Å²) in [6, 6.07) is 13.5. The number of nitrogens with zero attached hydrogens (tertiary/aromatic N) is 4. The van der Waals surface area contributed by atoms with Crippen LogP contribution in [-0.4, -0.2) is 26.4 Å². The maximum absolute atomic E-state index is 12.4. The number of fused-ring (bicyclic) bond motifs is 1. The highest BCUT2D eigenvalue weighted by Gasteiger charge is 2.34. The highest BCUT2D eigenvalue weighted by atomic mass is 16.2. The summed E-state index contributed by atoms with van der Waals surface area (Å²) in [6.07, 6.45) is 4.86. The second kappa shape index (κ2) is 7.03. The number of hydrogen-bond acceptors (Lipinski definition) is 4. The molecule has 0 unspecified atom stereocenters. The van der Waals surface area contributed by atoms with E-state index in [9.17, 15) is 4.79 Å². The number of amides is 1. The Labute approximate surface area is 164 Å². The summed E-state index contributed by atoms with van der Waals surface area (Å²) >= 11 is 0. The second-order valence-corrected chi connectivity index (χ2v) is 7.91. The van der Waals surface area contributed by atoms with E-state index in [2.05, 4.69) is 41.5 Å². The predicted molar refractivity (Wildman–Crippen MR) is 109 cm³/mol. The van der Waals surface area contributed by atoms with Crippen LogP contribution in [0.2, 0.25) is 0 Å². The van der Waals surface area contributed by atoms with Crippen LogP contribution in [-0.2, 0) is 6.42 Å². The van der Waals surface area contributed by atoms with E-state index in [1.54, 1.807) is 24.5 Å². The van der Waals surface area contributed by atoms with Crippen molar-refractivity contribution in [2.24, 2.45) is 10.5 Å². The molecule has 1 N–H and O–H groups in total. The first-order valence-electron chi connectivity index (χ1n) is 9.36. The van der Waals surface area contributed by atoms with Gasteiger partial charge < -0.3 is 0 Å². The first-order chi connectivity index (χ1) is 13.4. The molecule has 0 aliphatic heterocycles. The monoisotopic (exact) mass is 373 g/mol. The van der Waals surface area contributed by atoms with Crippen LogP contribution in [0.3, 0.4) is 0 Å². The largest absolute Gasteiger partial charge is 0.271 e. The Morgan fingerprint density at radius 3 is 2.54 bits per heavy atom. The molecule has 3 aromatic rings. The third-order valence-corrected chi connectivity index (χ3v) is 4.97. The molecule has 0 fully saturated rings.